The number of hydrogen-bond donors (Lipinski definition) is 2. The molecule has 0 spiro atoms. The van der Waals surface area contributed by atoms with Crippen LogP contribution in [0.1, 0.15) is 58.3 Å². The van der Waals surface area contributed by atoms with Crippen molar-refractivity contribution in [2.24, 2.45) is 0 Å². The smallest absolute Gasteiger partial charge is 0.305 e. The van der Waals surface area contributed by atoms with Crippen LogP contribution in [-0.4, -0.2) is 23.7 Å². The number of rotatable bonds is 10. The summed E-state index contributed by atoms with van der Waals surface area (Å²) in [5, 5.41) is 8.26. The second-order valence-electron chi connectivity index (χ2n) is 3.96. The van der Waals surface area contributed by atoms with Crippen molar-refractivity contribution in [1.82, 2.24) is 5.48 Å². The van der Waals surface area contributed by atoms with Crippen LogP contribution in [0.15, 0.2) is 0 Å². The number of nitrogens with one attached hydrogen (secondary N) is 1. The minimum Gasteiger partial charge on any atom is -0.466 e. The van der Waals surface area contributed by atoms with Crippen molar-refractivity contribution in [3.8, 4) is 0 Å². The van der Waals surface area contributed by atoms with E-state index in [1.165, 1.54) is 0 Å². The van der Waals surface area contributed by atoms with Crippen molar-refractivity contribution in [3.63, 3.8) is 0 Å². The van der Waals surface area contributed by atoms with Crippen molar-refractivity contribution in [1.29, 1.82) is 0 Å². The summed E-state index contributed by atoms with van der Waals surface area (Å²) >= 11 is 0. The normalized spacial score (nSPS) is 10.0. The van der Waals surface area contributed by atoms with E-state index in [1.54, 1.807) is 12.4 Å². The molecule has 0 heterocycles. The molecular weight excluding hydrogens is 222 g/mol. The minimum atomic E-state index is -0.327. The van der Waals surface area contributed by atoms with Gasteiger partial charge in [-0.25, -0.2) is 5.48 Å². The summed E-state index contributed by atoms with van der Waals surface area (Å²) in [7, 11) is 0. The zero-order valence-electron chi connectivity index (χ0n) is 10.5. The molecule has 0 aromatic carbocycles. The first-order chi connectivity index (χ1) is 8.20. The quantitative estimate of drug-likeness (QED) is 0.268. The predicted molar refractivity (Wildman–Crippen MR) is 63.5 cm³/mol. The Kier molecular flexibility index (Phi) is 10.7. The Morgan fingerprint density at radius 1 is 1.00 bits per heavy atom. The highest BCUT2D eigenvalue weighted by molar-refractivity contribution is 5.74. The van der Waals surface area contributed by atoms with Crippen LogP contribution in [-0.2, 0) is 14.3 Å². The van der Waals surface area contributed by atoms with Crippen LogP contribution in [0.3, 0.4) is 0 Å². The highest BCUT2D eigenvalue weighted by atomic mass is 16.5. The summed E-state index contributed by atoms with van der Waals surface area (Å²) < 4.78 is 4.82. The SMILES string of the molecule is CCOC(=O)CCCCCCCCC(=O)NO. The van der Waals surface area contributed by atoms with Crippen molar-refractivity contribution in [2.45, 2.75) is 58.3 Å². The van der Waals surface area contributed by atoms with E-state index in [1.807, 2.05) is 0 Å². The molecule has 100 valence electrons. The average molecular weight is 245 g/mol. The molecule has 0 saturated carbocycles. The summed E-state index contributed by atoms with van der Waals surface area (Å²) in [4.78, 5) is 21.7. The molecule has 0 atom stereocenters. The number of amides is 1. The number of ether oxygens (including phenoxy) is 1. The molecule has 0 saturated heterocycles. The third-order valence-corrected chi connectivity index (χ3v) is 2.46. The maximum atomic E-state index is 11.0. The summed E-state index contributed by atoms with van der Waals surface area (Å²) in [5.74, 6) is -0.445. The third kappa shape index (κ3) is 11.2. The van der Waals surface area contributed by atoms with Gasteiger partial charge in [0.1, 0.15) is 0 Å². The van der Waals surface area contributed by atoms with E-state index in [0.29, 0.717) is 19.4 Å². The molecule has 0 aliphatic carbocycles. The van der Waals surface area contributed by atoms with Gasteiger partial charge < -0.3 is 4.74 Å². The number of esters is 1. The van der Waals surface area contributed by atoms with Gasteiger partial charge in [-0.2, -0.15) is 0 Å². The fourth-order valence-electron chi connectivity index (χ4n) is 1.55. The van der Waals surface area contributed by atoms with Crippen molar-refractivity contribution < 1.29 is 19.5 Å². The molecule has 0 aromatic heterocycles. The van der Waals surface area contributed by atoms with Crippen LogP contribution >= 0.6 is 0 Å². The van der Waals surface area contributed by atoms with E-state index in [4.69, 9.17) is 9.94 Å². The van der Waals surface area contributed by atoms with E-state index >= 15 is 0 Å². The number of unbranched alkanes of at least 4 members (excludes halogenated alkanes) is 5. The Hall–Kier alpha value is -1.10. The van der Waals surface area contributed by atoms with Gasteiger partial charge >= 0.3 is 5.97 Å². The maximum Gasteiger partial charge on any atom is 0.305 e. The van der Waals surface area contributed by atoms with E-state index in [9.17, 15) is 9.59 Å². The molecule has 2 N–H and O–H groups in total. The maximum absolute atomic E-state index is 11.0. The zero-order chi connectivity index (χ0) is 12.9. The third-order valence-electron chi connectivity index (χ3n) is 2.46. The van der Waals surface area contributed by atoms with Crippen LogP contribution in [0.2, 0.25) is 0 Å². The highest BCUT2D eigenvalue weighted by Gasteiger charge is 2.01. The fraction of sp³-hybridized carbons (Fsp3) is 0.833. The molecule has 5 nitrogen and oxygen atoms in total. The van der Waals surface area contributed by atoms with Gasteiger partial charge in [0.05, 0.1) is 6.61 Å². The molecule has 0 bridgehead atoms. The molecule has 0 unspecified atom stereocenters. The van der Waals surface area contributed by atoms with E-state index in [0.717, 1.165) is 38.5 Å². The fourth-order valence-corrected chi connectivity index (χ4v) is 1.55. The molecule has 5 heteroatoms. The molecule has 0 rings (SSSR count). The monoisotopic (exact) mass is 245 g/mol. The van der Waals surface area contributed by atoms with Crippen molar-refractivity contribution >= 4 is 11.9 Å². The Morgan fingerprint density at radius 2 is 1.53 bits per heavy atom. The molecule has 1 amide bonds. The van der Waals surface area contributed by atoms with Crippen LogP contribution in [0.4, 0.5) is 0 Å². The largest absolute Gasteiger partial charge is 0.466 e. The number of hydroxylamine groups is 1. The summed E-state index contributed by atoms with van der Waals surface area (Å²) in [6.45, 7) is 2.26. The Labute approximate surface area is 102 Å². The number of carbonyl (C=O) groups excluding carboxylic acids is 2. The Bertz CT molecular complexity index is 219. The van der Waals surface area contributed by atoms with Gasteiger partial charge in [-0.05, 0) is 19.8 Å². The summed E-state index contributed by atoms with van der Waals surface area (Å²) in [5.41, 5.74) is 1.61. The van der Waals surface area contributed by atoms with Crippen LogP contribution in [0.25, 0.3) is 0 Å². The number of carbonyl (C=O) groups is 2. The van der Waals surface area contributed by atoms with Crippen LogP contribution in [0, 0.1) is 0 Å². The zero-order valence-corrected chi connectivity index (χ0v) is 10.5. The number of hydrogen-bond acceptors (Lipinski definition) is 4. The second-order valence-corrected chi connectivity index (χ2v) is 3.96. The lowest BCUT2D eigenvalue weighted by atomic mass is 10.1. The van der Waals surface area contributed by atoms with Gasteiger partial charge in [-0.3, -0.25) is 14.8 Å². The van der Waals surface area contributed by atoms with Gasteiger partial charge in [0.15, 0.2) is 0 Å². The van der Waals surface area contributed by atoms with Crippen molar-refractivity contribution in [2.75, 3.05) is 6.61 Å². The standard InChI is InChI=1S/C12H23NO4/c1-2-17-12(15)10-8-6-4-3-5-7-9-11(14)13-16/h16H,2-10H2,1H3,(H,13,14). The lowest BCUT2D eigenvalue weighted by Crippen LogP contribution is -2.17. The first-order valence-electron chi connectivity index (χ1n) is 6.29. The molecule has 0 aliphatic heterocycles. The van der Waals surface area contributed by atoms with E-state index in [2.05, 4.69) is 0 Å². The minimum absolute atomic E-state index is 0.118. The van der Waals surface area contributed by atoms with Crippen LogP contribution in [0.5, 0.6) is 0 Å². The second kappa shape index (κ2) is 11.4. The van der Waals surface area contributed by atoms with Gasteiger partial charge in [-0.1, -0.05) is 25.7 Å². The van der Waals surface area contributed by atoms with E-state index in [-0.39, 0.29) is 11.9 Å². The topological polar surface area (TPSA) is 75.6 Å². The highest BCUT2D eigenvalue weighted by Crippen LogP contribution is 2.08. The molecule has 0 fully saturated rings. The van der Waals surface area contributed by atoms with Gasteiger partial charge in [0.25, 0.3) is 0 Å². The van der Waals surface area contributed by atoms with Gasteiger partial charge in [-0.15, -0.1) is 0 Å². The van der Waals surface area contributed by atoms with Crippen LogP contribution < -0.4 is 5.48 Å². The predicted octanol–water partition coefficient (Wildman–Crippen LogP) is 2.18. The molecule has 17 heavy (non-hydrogen) atoms. The molecule has 0 aromatic rings. The summed E-state index contributed by atoms with van der Waals surface area (Å²) in [6, 6.07) is 0. The average Bonchev–Trinajstić information content (AvgIpc) is 2.32. The van der Waals surface area contributed by atoms with Gasteiger partial charge in [0.2, 0.25) is 5.91 Å². The molecule has 0 radical (unpaired) electrons. The Morgan fingerprint density at radius 3 is 2.06 bits per heavy atom. The molecular formula is C12H23NO4. The lowest BCUT2D eigenvalue weighted by molar-refractivity contribution is -0.143. The lowest BCUT2D eigenvalue weighted by Gasteiger charge is -2.02. The first-order valence-corrected chi connectivity index (χ1v) is 6.29. The van der Waals surface area contributed by atoms with Crippen molar-refractivity contribution in [3.05, 3.63) is 0 Å². The van der Waals surface area contributed by atoms with Gasteiger partial charge in [0, 0.05) is 12.8 Å². The Balaban J connectivity index is 3.13. The van der Waals surface area contributed by atoms with E-state index < -0.39 is 0 Å². The molecule has 0 aliphatic rings. The first kappa shape index (κ1) is 15.9. The summed E-state index contributed by atoms with van der Waals surface area (Å²) in [6.07, 6.45) is 6.67.